The monoisotopic (exact) mass is 763 g/mol. The lowest BCUT2D eigenvalue weighted by Crippen LogP contribution is -2.28. The SMILES string of the molecule is CC1(C)C(/C=C/C=C/C=C/C=C2\N(CCCCS(=O)(=O)O)c3ccc4ccccc4c3C2(C)C)=[N+](CCCCCC(=O)OS)c2ccc3ccccc3c21. The zero-order valence-electron chi connectivity index (χ0n) is 31.7. The molecule has 4 aromatic carbocycles. The third-order valence-electron chi connectivity index (χ3n) is 10.9. The topological polar surface area (TPSA) is 86.9 Å². The third-order valence-corrected chi connectivity index (χ3v) is 11.9. The van der Waals surface area contributed by atoms with Crippen LogP contribution in [0, 0.1) is 0 Å². The first-order chi connectivity index (χ1) is 25.8. The molecule has 54 heavy (non-hydrogen) atoms. The second-order valence-corrected chi connectivity index (χ2v) is 17.0. The Hall–Kier alpha value is -4.44. The number of thiol groups is 1. The van der Waals surface area contributed by atoms with E-state index in [1.54, 1.807) is 0 Å². The van der Waals surface area contributed by atoms with Gasteiger partial charge < -0.3 is 9.08 Å². The van der Waals surface area contributed by atoms with Crippen molar-refractivity contribution in [3.05, 3.63) is 132 Å². The number of unbranched alkanes of at least 4 members (excludes halogenated alkanes) is 3. The molecule has 2 heterocycles. The lowest BCUT2D eigenvalue weighted by atomic mass is 9.79. The highest BCUT2D eigenvalue weighted by Crippen LogP contribution is 2.51. The van der Waals surface area contributed by atoms with Gasteiger partial charge in [-0.3, -0.25) is 9.35 Å². The van der Waals surface area contributed by atoms with Crippen LogP contribution in [0.15, 0.2) is 121 Å². The van der Waals surface area contributed by atoms with E-state index < -0.39 is 10.1 Å². The van der Waals surface area contributed by atoms with Crippen LogP contribution < -0.4 is 4.90 Å². The Balaban J connectivity index is 1.23. The van der Waals surface area contributed by atoms with Crippen molar-refractivity contribution in [2.75, 3.05) is 23.7 Å². The molecule has 4 aromatic rings. The summed E-state index contributed by atoms with van der Waals surface area (Å²) in [4.78, 5) is 13.9. The van der Waals surface area contributed by atoms with E-state index in [2.05, 4.69) is 157 Å². The fourth-order valence-electron chi connectivity index (χ4n) is 8.35. The predicted molar refractivity (Wildman–Crippen MR) is 226 cm³/mol. The highest BCUT2D eigenvalue weighted by atomic mass is 32.2. The van der Waals surface area contributed by atoms with Crippen LogP contribution in [0.3, 0.4) is 0 Å². The average molecular weight is 764 g/mol. The summed E-state index contributed by atoms with van der Waals surface area (Å²) >= 11 is 3.63. The van der Waals surface area contributed by atoms with Crippen LogP contribution in [0.25, 0.3) is 21.5 Å². The Labute approximate surface area is 325 Å². The maximum Gasteiger partial charge on any atom is 0.317 e. The Kier molecular flexibility index (Phi) is 12.0. The molecule has 2 aliphatic heterocycles. The lowest BCUT2D eigenvalue weighted by Gasteiger charge is -2.27. The molecule has 7 nitrogen and oxygen atoms in total. The standard InChI is InChI=1S/C45H50N2O5S2/c1-44(2)39(46(30-16-8-11-25-41(48)52-53)37-28-26-33-19-12-14-21-35(33)42(37)44)23-9-6-5-7-10-24-40-45(3,4)43-36-22-15-13-20-34(36)27-29-38(43)47(40)31-17-18-32-54(49,50)51/h5-7,9-10,12-15,19-24,26-29H,8,11,16-18,25,30-32H2,1-4H3,(H-,49,50,51,53)/p+1. The van der Waals surface area contributed by atoms with Crippen molar-refractivity contribution in [3.63, 3.8) is 0 Å². The quantitative estimate of drug-likeness (QED) is 0.0313. The second kappa shape index (κ2) is 16.5. The molecule has 0 aliphatic carbocycles. The van der Waals surface area contributed by atoms with Gasteiger partial charge in [-0.05, 0) is 84.8 Å². The molecule has 1 N–H and O–H groups in total. The van der Waals surface area contributed by atoms with Crippen LogP contribution in [-0.2, 0) is 29.9 Å². The van der Waals surface area contributed by atoms with Gasteiger partial charge >= 0.3 is 5.97 Å². The van der Waals surface area contributed by atoms with E-state index in [1.807, 2.05) is 12.2 Å². The summed E-state index contributed by atoms with van der Waals surface area (Å²) in [5.41, 5.74) is 6.87. The Morgan fingerprint density at radius 2 is 1.43 bits per heavy atom. The third kappa shape index (κ3) is 8.28. The van der Waals surface area contributed by atoms with Crippen molar-refractivity contribution in [2.45, 2.75) is 77.0 Å². The number of nitrogens with zero attached hydrogens (tertiary/aromatic N) is 2. The fraction of sp³-hybridized carbons (Fsp3) is 0.333. The van der Waals surface area contributed by atoms with Gasteiger partial charge in [0.2, 0.25) is 5.69 Å². The molecule has 0 radical (unpaired) electrons. The minimum absolute atomic E-state index is 0.214. The molecule has 6 rings (SSSR count). The van der Waals surface area contributed by atoms with Crippen molar-refractivity contribution in [2.24, 2.45) is 0 Å². The summed E-state index contributed by atoms with van der Waals surface area (Å²) in [5, 5.41) is 4.91. The van der Waals surface area contributed by atoms with Gasteiger partial charge in [0.1, 0.15) is 6.54 Å². The summed E-state index contributed by atoms with van der Waals surface area (Å²) < 4.78 is 39.0. The summed E-state index contributed by atoms with van der Waals surface area (Å²) in [5.74, 6) is -0.529. The number of hydrogen-bond acceptors (Lipinski definition) is 6. The molecule has 0 amide bonds. The van der Waals surface area contributed by atoms with E-state index in [4.69, 9.17) is 0 Å². The van der Waals surface area contributed by atoms with E-state index in [1.165, 1.54) is 44.1 Å². The minimum atomic E-state index is -4.00. The minimum Gasteiger partial charge on any atom is -0.395 e. The van der Waals surface area contributed by atoms with Crippen LogP contribution in [0.4, 0.5) is 11.4 Å². The van der Waals surface area contributed by atoms with E-state index in [0.29, 0.717) is 25.8 Å². The van der Waals surface area contributed by atoms with Crippen LogP contribution in [0.5, 0.6) is 0 Å². The van der Waals surface area contributed by atoms with E-state index >= 15 is 0 Å². The lowest BCUT2D eigenvalue weighted by molar-refractivity contribution is -0.438. The van der Waals surface area contributed by atoms with Gasteiger partial charge in [0.25, 0.3) is 10.1 Å². The van der Waals surface area contributed by atoms with Crippen LogP contribution in [0.2, 0.25) is 0 Å². The second-order valence-electron chi connectivity index (χ2n) is 15.2. The normalized spacial score (nSPS) is 17.2. The Morgan fingerprint density at radius 3 is 2.13 bits per heavy atom. The van der Waals surface area contributed by atoms with Crippen LogP contribution >= 0.6 is 12.9 Å². The molecular weight excluding hydrogens is 713 g/mol. The Bertz CT molecular complexity index is 2320. The molecule has 0 atom stereocenters. The van der Waals surface area contributed by atoms with Gasteiger partial charge in [-0.1, -0.05) is 98.8 Å². The van der Waals surface area contributed by atoms with E-state index in [0.717, 1.165) is 37.2 Å². The number of benzene rings is 4. The first-order valence-electron chi connectivity index (χ1n) is 18.8. The molecule has 0 fully saturated rings. The fourth-order valence-corrected chi connectivity index (χ4v) is 9.01. The number of rotatable bonds is 15. The molecule has 0 saturated carbocycles. The van der Waals surface area contributed by atoms with Gasteiger partial charge in [-0.25, -0.2) is 0 Å². The maximum atomic E-state index is 11.6. The molecule has 0 unspecified atom stereocenters. The van der Waals surface area contributed by atoms with Crippen molar-refractivity contribution in [1.82, 2.24) is 0 Å². The van der Waals surface area contributed by atoms with Gasteiger partial charge in [0.15, 0.2) is 5.71 Å². The number of carbonyl (C=O) groups is 1. The molecular formula is C45H51N2O5S2+. The van der Waals surface area contributed by atoms with Crippen molar-refractivity contribution < 1.29 is 26.5 Å². The molecule has 282 valence electrons. The smallest absolute Gasteiger partial charge is 0.317 e. The van der Waals surface area contributed by atoms with Crippen molar-refractivity contribution in [3.8, 4) is 0 Å². The first-order valence-corrected chi connectivity index (χ1v) is 20.8. The van der Waals surface area contributed by atoms with E-state index in [9.17, 15) is 17.8 Å². The van der Waals surface area contributed by atoms with Crippen LogP contribution in [0.1, 0.15) is 77.3 Å². The van der Waals surface area contributed by atoms with Crippen LogP contribution in [-0.4, -0.2) is 48.1 Å². The van der Waals surface area contributed by atoms with Crippen molar-refractivity contribution in [1.29, 1.82) is 0 Å². The molecule has 0 bridgehead atoms. The molecule has 2 aliphatic rings. The largest absolute Gasteiger partial charge is 0.395 e. The number of carbonyl (C=O) groups excluding carboxylic acids is 1. The highest BCUT2D eigenvalue weighted by Gasteiger charge is 2.45. The zero-order valence-corrected chi connectivity index (χ0v) is 33.4. The molecule has 0 saturated heterocycles. The summed E-state index contributed by atoms with van der Waals surface area (Å²) in [6, 6.07) is 25.8. The Morgan fingerprint density at radius 1 is 0.778 bits per heavy atom. The number of fused-ring (bicyclic) bond motifs is 6. The van der Waals surface area contributed by atoms with Gasteiger partial charge in [0, 0.05) is 66.8 Å². The number of hydrogen-bond donors (Lipinski definition) is 2. The summed E-state index contributed by atoms with van der Waals surface area (Å²) in [6.45, 7) is 10.6. The zero-order chi connectivity index (χ0) is 38.5. The van der Waals surface area contributed by atoms with Gasteiger partial charge in [0.05, 0.1) is 11.2 Å². The molecule has 9 heteroatoms. The highest BCUT2D eigenvalue weighted by molar-refractivity contribution is 7.85. The summed E-state index contributed by atoms with van der Waals surface area (Å²) in [7, 11) is -4.00. The number of allylic oxidation sites excluding steroid dienone is 8. The van der Waals surface area contributed by atoms with E-state index in [-0.39, 0.29) is 22.6 Å². The van der Waals surface area contributed by atoms with Gasteiger partial charge in [-0.15, -0.1) is 0 Å². The maximum absolute atomic E-state index is 11.6. The first kappa shape index (κ1) is 39.3. The number of anilines is 1. The predicted octanol–water partition coefficient (Wildman–Crippen LogP) is 10.3. The summed E-state index contributed by atoms with van der Waals surface area (Å²) in [6.07, 6.45) is 18.8. The van der Waals surface area contributed by atoms with Crippen molar-refractivity contribution >= 4 is 67.6 Å². The molecule has 0 spiro atoms. The molecule has 0 aromatic heterocycles. The average Bonchev–Trinajstić information content (AvgIpc) is 3.50. The van der Waals surface area contributed by atoms with Gasteiger partial charge in [-0.2, -0.15) is 13.0 Å².